The zero-order valence-electron chi connectivity index (χ0n) is 13.8. The largest absolute Gasteiger partial charge is 0.493 e. The minimum atomic E-state index is -3.94. The number of rotatable bonds is 6. The van der Waals surface area contributed by atoms with Gasteiger partial charge < -0.3 is 4.74 Å². The molecule has 1 aliphatic rings. The second kappa shape index (κ2) is 8.07. The highest BCUT2D eigenvalue weighted by atomic mass is 32.2. The highest BCUT2D eigenvalue weighted by Gasteiger charge is 2.34. The van der Waals surface area contributed by atoms with Crippen LogP contribution in [0, 0.1) is 11.7 Å². The second-order valence-electron chi connectivity index (χ2n) is 6.37. The third kappa shape index (κ3) is 4.77. The number of para-hydroxylation sites is 1. The third-order valence-electron chi connectivity index (χ3n) is 4.60. The molecule has 1 aromatic rings. The fourth-order valence-electron chi connectivity index (χ4n) is 3.61. The van der Waals surface area contributed by atoms with E-state index in [4.69, 9.17) is 9.88 Å². The summed E-state index contributed by atoms with van der Waals surface area (Å²) in [5.41, 5.74) is 0.415. The Labute approximate surface area is 142 Å². The van der Waals surface area contributed by atoms with Crippen LogP contribution in [-0.4, -0.2) is 27.1 Å². The van der Waals surface area contributed by atoms with E-state index < -0.39 is 33.3 Å². The Bertz CT molecular complexity index is 682. The molecule has 1 saturated carbocycles. The van der Waals surface area contributed by atoms with E-state index in [1.807, 2.05) is 0 Å². The van der Waals surface area contributed by atoms with Crippen molar-refractivity contribution in [3.8, 4) is 5.75 Å². The highest BCUT2D eigenvalue weighted by molar-refractivity contribution is 7.89. The number of carbonyl (C=O) groups excluding carboxylic acids is 1. The van der Waals surface area contributed by atoms with Gasteiger partial charge in [-0.2, -0.15) is 0 Å². The molecule has 0 saturated heterocycles. The molecule has 0 heterocycles. The summed E-state index contributed by atoms with van der Waals surface area (Å²) in [6, 6.07) is 4.41. The number of carbonyl (C=O) groups is 1. The number of Topliss-reactive ketones (excluding diaryl/α,β-unsaturated/α-hetero) is 1. The Hall–Kier alpha value is -1.47. The number of hydrogen-bond acceptors (Lipinski definition) is 4. The van der Waals surface area contributed by atoms with E-state index in [1.54, 1.807) is 6.07 Å². The lowest BCUT2D eigenvalue weighted by Crippen LogP contribution is -2.31. The number of sulfonamides is 1. The van der Waals surface area contributed by atoms with E-state index in [-0.39, 0.29) is 11.7 Å². The standard InChI is InChI=1S/C17H24FNO4S/c1-23-17-13(9-6-10-14(17)18)16(15(20)11-24(19,21)22)12-7-4-2-3-5-8-12/h6,9-10,12,16H,2-5,7-8,11H2,1H3,(H2,19,21,22). The third-order valence-corrected chi connectivity index (χ3v) is 5.29. The number of ketones is 1. The van der Waals surface area contributed by atoms with E-state index in [1.165, 1.54) is 19.2 Å². The van der Waals surface area contributed by atoms with Gasteiger partial charge in [-0.3, -0.25) is 4.79 Å². The molecule has 1 atom stereocenters. The molecule has 134 valence electrons. The van der Waals surface area contributed by atoms with Gasteiger partial charge in [-0.15, -0.1) is 0 Å². The van der Waals surface area contributed by atoms with E-state index in [0.29, 0.717) is 5.56 Å². The van der Waals surface area contributed by atoms with Crippen LogP contribution in [0.5, 0.6) is 5.75 Å². The smallest absolute Gasteiger partial charge is 0.216 e. The summed E-state index contributed by atoms with van der Waals surface area (Å²) in [6.45, 7) is 0. The quantitative estimate of drug-likeness (QED) is 0.793. The Morgan fingerprint density at radius 3 is 2.46 bits per heavy atom. The van der Waals surface area contributed by atoms with Gasteiger partial charge in [0, 0.05) is 5.56 Å². The monoisotopic (exact) mass is 357 g/mol. The lowest BCUT2D eigenvalue weighted by atomic mass is 9.78. The molecule has 0 aliphatic heterocycles. The first kappa shape index (κ1) is 18.9. The Morgan fingerprint density at radius 1 is 1.29 bits per heavy atom. The van der Waals surface area contributed by atoms with E-state index in [2.05, 4.69) is 0 Å². The predicted molar refractivity (Wildman–Crippen MR) is 89.9 cm³/mol. The van der Waals surface area contributed by atoms with Gasteiger partial charge in [0.25, 0.3) is 0 Å². The summed E-state index contributed by atoms with van der Waals surface area (Å²) >= 11 is 0. The van der Waals surface area contributed by atoms with Crippen LogP contribution in [0.1, 0.15) is 50.0 Å². The van der Waals surface area contributed by atoms with Crippen LogP contribution in [-0.2, 0) is 14.8 Å². The molecule has 0 radical (unpaired) electrons. The summed E-state index contributed by atoms with van der Waals surface area (Å²) in [7, 11) is -2.59. The first-order valence-electron chi connectivity index (χ1n) is 8.19. The fourth-order valence-corrected chi connectivity index (χ4v) is 4.18. The zero-order chi connectivity index (χ0) is 17.7. The molecule has 0 amide bonds. The van der Waals surface area contributed by atoms with Crippen molar-refractivity contribution >= 4 is 15.8 Å². The first-order valence-corrected chi connectivity index (χ1v) is 9.90. The van der Waals surface area contributed by atoms with Gasteiger partial charge in [-0.25, -0.2) is 17.9 Å². The SMILES string of the molecule is COc1c(F)cccc1C(C(=O)CS(N)(=O)=O)C1CCCCCC1. The molecule has 0 bridgehead atoms. The maximum absolute atomic E-state index is 14.1. The number of methoxy groups -OCH3 is 1. The predicted octanol–water partition coefficient (Wildman–Crippen LogP) is 2.75. The van der Waals surface area contributed by atoms with Crippen molar-refractivity contribution in [1.82, 2.24) is 0 Å². The number of hydrogen-bond donors (Lipinski definition) is 1. The van der Waals surface area contributed by atoms with Crippen LogP contribution in [0.25, 0.3) is 0 Å². The second-order valence-corrected chi connectivity index (χ2v) is 7.98. The highest BCUT2D eigenvalue weighted by Crippen LogP contribution is 2.40. The van der Waals surface area contributed by atoms with Crippen molar-refractivity contribution in [3.05, 3.63) is 29.6 Å². The molecule has 5 nitrogen and oxygen atoms in total. The minimum Gasteiger partial charge on any atom is -0.493 e. The molecule has 1 aromatic carbocycles. The van der Waals surface area contributed by atoms with Crippen molar-refractivity contribution < 1.29 is 22.3 Å². The molecule has 7 heteroatoms. The van der Waals surface area contributed by atoms with Gasteiger partial charge in [0.15, 0.2) is 17.3 Å². The van der Waals surface area contributed by atoms with Crippen molar-refractivity contribution in [2.75, 3.05) is 12.9 Å². The number of primary sulfonamides is 1. The molecular weight excluding hydrogens is 333 g/mol. The Morgan fingerprint density at radius 2 is 1.92 bits per heavy atom. The van der Waals surface area contributed by atoms with Gasteiger partial charge in [-0.1, -0.05) is 37.8 Å². The topological polar surface area (TPSA) is 86.5 Å². The van der Waals surface area contributed by atoms with Gasteiger partial charge in [0.2, 0.25) is 10.0 Å². The van der Waals surface area contributed by atoms with Crippen LogP contribution in [0.2, 0.25) is 0 Å². The number of halogens is 1. The van der Waals surface area contributed by atoms with Crippen LogP contribution < -0.4 is 9.88 Å². The van der Waals surface area contributed by atoms with E-state index in [9.17, 15) is 17.6 Å². The number of ether oxygens (including phenoxy) is 1. The molecule has 24 heavy (non-hydrogen) atoms. The van der Waals surface area contributed by atoms with Crippen LogP contribution >= 0.6 is 0 Å². The summed E-state index contributed by atoms with van der Waals surface area (Å²) in [6.07, 6.45) is 5.74. The average Bonchev–Trinajstić information content (AvgIpc) is 2.75. The lowest BCUT2D eigenvalue weighted by Gasteiger charge is -2.26. The summed E-state index contributed by atoms with van der Waals surface area (Å²) < 4.78 is 42.0. The van der Waals surface area contributed by atoms with Gasteiger partial charge in [0.05, 0.1) is 13.0 Å². The molecule has 0 spiro atoms. The zero-order valence-corrected chi connectivity index (χ0v) is 14.6. The molecular formula is C17H24FNO4S. The van der Waals surface area contributed by atoms with Crippen LogP contribution in [0.15, 0.2) is 18.2 Å². The Balaban J connectivity index is 2.45. The molecule has 0 aromatic heterocycles. The van der Waals surface area contributed by atoms with Crippen molar-refractivity contribution in [2.24, 2.45) is 11.1 Å². The van der Waals surface area contributed by atoms with Gasteiger partial charge in [0.1, 0.15) is 5.75 Å². The summed E-state index contributed by atoms with van der Waals surface area (Å²) in [4.78, 5) is 12.7. The molecule has 1 fully saturated rings. The van der Waals surface area contributed by atoms with Crippen molar-refractivity contribution in [2.45, 2.75) is 44.4 Å². The van der Waals surface area contributed by atoms with Crippen molar-refractivity contribution in [3.63, 3.8) is 0 Å². The lowest BCUT2D eigenvalue weighted by molar-refractivity contribution is -0.119. The van der Waals surface area contributed by atoms with Crippen molar-refractivity contribution in [1.29, 1.82) is 0 Å². The van der Waals surface area contributed by atoms with Crippen LogP contribution in [0.3, 0.4) is 0 Å². The van der Waals surface area contributed by atoms with E-state index >= 15 is 0 Å². The maximum Gasteiger partial charge on any atom is 0.216 e. The summed E-state index contributed by atoms with van der Waals surface area (Å²) in [5.74, 6) is -2.53. The van der Waals surface area contributed by atoms with E-state index in [0.717, 1.165) is 38.5 Å². The summed E-state index contributed by atoms with van der Waals surface area (Å²) in [5, 5.41) is 5.06. The number of benzene rings is 1. The average molecular weight is 357 g/mol. The van der Waals surface area contributed by atoms with Crippen LogP contribution in [0.4, 0.5) is 4.39 Å². The maximum atomic E-state index is 14.1. The molecule has 2 rings (SSSR count). The molecule has 1 unspecified atom stereocenters. The fraction of sp³-hybridized carbons (Fsp3) is 0.588. The molecule has 1 aliphatic carbocycles. The molecule has 2 N–H and O–H groups in total. The van der Waals surface area contributed by atoms with Gasteiger partial charge >= 0.3 is 0 Å². The minimum absolute atomic E-state index is 0.00881. The normalized spacial score (nSPS) is 18.0. The Kier molecular flexibility index (Phi) is 6.34. The first-order chi connectivity index (χ1) is 11.3. The number of nitrogens with two attached hydrogens (primary N) is 1. The van der Waals surface area contributed by atoms with Gasteiger partial charge in [-0.05, 0) is 24.8 Å².